The third-order valence-electron chi connectivity index (χ3n) is 3.67. The second-order valence-electron chi connectivity index (χ2n) is 5.67. The summed E-state index contributed by atoms with van der Waals surface area (Å²) in [6.07, 6.45) is 3.43. The topological polar surface area (TPSA) is 66.9 Å². The average molecular weight is 389 g/mol. The van der Waals surface area contributed by atoms with E-state index in [1.54, 1.807) is 0 Å². The van der Waals surface area contributed by atoms with Crippen LogP contribution >= 0.6 is 11.6 Å². The van der Waals surface area contributed by atoms with Gasteiger partial charge in [-0.25, -0.2) is 18.7 Å². The normalized spacial score (nSPS) is 10.5. The van der Waals surface area contributed by atoms with E-state index < -0.39 is 17.5 Å². The van der Waals surface area contributed by atoms with Crippen molar-refractivity contribution in [2.24, 2.45) is 0 Å². The number of halogens is 3. The van der Waals surface area contributed by atoms with Crippen molar-refractivity contribution in [1.82, 2.24) is 9.97 Å². The van der Waals surface area contributed by atoms with Gasteiger partial charge in [-0.05, 0) is 36.2 Å². The highest BCUT2D eigenvalue weighted by Gasteiger charge is 2.12. The third-order valence-corrected chi connectivity index (χ3v) is 3.91. The number of nitrogens with zero attached hydrogens (tertiary/aromatic N) is 2. The molecule has 1 heterocycles. The van der Waals surface area contributed by atoms with Gasteiger partial charge in [-0.2, -0.15) is 0 Å². The summed E-state index contributed by atoms with van der Waals surface area (Å²) in [7, 11) is 0. The van der Waals surface area contributed by atoms with E-state index in [1.165, 1.54) is 12.4 Å². The molecule has 138 valence electrons. The lowest BCUT2D eigenvalue weighted by Crippen LogP contribution is -2.15. The molecule has 3 aromatic rings. The number of amides is 1. The maximum atomic E-state index is 13.6. The van der Waals surface area contributed by atoms with Crippen molar-refractivity contribution in [3.05, 3.63) is 82.8 Å². The van der Waals surface area contributed by atoms with Crippen LogP contribution in [0.25, 0.3) is 0 Å². The summed E-state index contributed by atoms with van der Waals surface area (Å²) in [5.74, 6) is -1.73. The van der Waals surface area contributed by atoms with Crippen LogP contribution < -0.4 is 10.6 Å². The average Bonchev–Trinajstić information content (AvgIpc) is 2.64. The van der Waals surface area contributed by atoms with Gasteiger partial charge < -0.3 is 10.6 Å². The second kappa shape index (κ2) is 8.55. The quantitative estimate of drug-likeness (QED) is 0.660. The van der Waals surface area contributed by atoms with E-state index in [0.29, 0.717) is 23.5 Å². The first-order valence-corrected chi connectivity index (χ1v) is 8.46. The molecule has 8 heteroatoms. The minimum absolute atomic E-state index is 0.0131. The summed E-state index contributed by atoms with van der Waals surface area (Å²) in [5, 5.41) is 6.10. The number of carbonyl (C=O) groups excluding carboxylic acids is 1. The number of carbonyl (C=O) groups is 1. The Hall–Kier alpha value is -3.06. The van der Waals surface area contributed by atoms with E-state index in [9.17, 15) is 13.6 Å². The smallest absolute Gasteiger partial charge is 0.275 e. The minimum atomic E-state index is -0.865. The number of benzene rings is 2. The number of anilines is 2. The summed E-state index contributed by atoms with van der Waals surface area (Å²) in [6.45, 7) is 0.612. The van der Waals surface area contributed by atoms with Gasteiger partial charge in [0.2, 0.25) is 0 Å². The minimum Gasteiger partial charge on any atom is -0.368 e. The summed E-state index contributed by atoms with van der Waals surface area (Å²) >= 11 is 5.94. The molecule has 0 saturated heterocycles. The van der Waals surface area contributed by atoms with E-state index in [1.807, 2.05) is 24.3 Å². The number of aromatic nitrogens is 2. The lowest BCUT2D eigenvalue weighted by Gasteiger charge is -2.08. The van der Waals surface area contributed by atoms with Crippen LogP contribution in [0.2, 0.25) is 5.02 Å². The molecule has 0 saturated carbocycles. The van der Waals surface area contributed by atoms with E-state index in [2.05, 4.69) is 20.6 Å². The number of hydrogen-bond donors (Lipinski definition) is 2. The highest BCUT2D eigenvalue weighted by atomic mass is 35.5. The molecule has 0 atom stereocenters. The Kier molecular flexibility index (Phi) is 5.93. The summed E-state index contributed by atoms with van der Waals surface area (Å²) < 4.78 is 26.5. The molecule has 0 bridgehead atoms. The van der Waals surface area contributed by atoms with Crippen LogP contribution in [0, 0.1) is 11.6 Å². The van der Waals surface area contributed by atoms with Crippen molar-refractivity contribution in [1.29, 1.82) is 0 Å². The Labute approximate surface area is 159 Å². The van der Waals surface area contributed by atoms with Gasteiger partial charge in [0.15, 0.2) is 0 Å². The third kappa shape index (κ3) is 5.21. The fraction of sp³-hybridized carbons (Fsp3) is 0.105. The molecule has 5 nitrogen and oxygen atoms in total. The van der Waals surface area contributed by atoms with Gasteiger partial charge in [0.25, 0.3) is 5.91 Å². The molecule has 0 unspecified atom stereocenters. The van der Waals surface area contributed by atoms with Gasteiger partial charge in [0, 0.05) is 17.6 Å². The molecule has 1 amide bonds. The molecule has 0 spiro atoms. The molecule has 0 aliphatic carbocycles. The molecule has 0 aliphatic rings. The van der Waals surface area contributed by atoms with Gasteiger partial charge in [0.1, 0.15) is 23.1 Å². The Morgan fingerprint density at radius 3 is 2.63 bits per heavy atom. The molecule has 3 rings (SSSR count). The highest BCUT2D eigenvalue weighted by Crippen LogP contribution is 2.16. The maximum absolute atomic E-state index is 13.6. The lowest BCUT2D eigenvalue weighted by atomic mass is 10.1. The van der Waals surface area contributed by atoms with Crippen molar-refractivity contribution in [2.45, 2.75) is 6.42 Å². The molecule has 0 radical (unpaired) electrons. The largest absolute Gasteiger partial charge is 0.368 e. The zero-order valence-electron chi connectivity index (χ0n) is 14.0. The van der Waals surface area contributed by atoms with Crippen LogP contribution in [0.3, 0.4) is 0 Å². The van der Waals surface area contributed by atoms with Crippen LogP contribution in [0.15, 0.2) is 54.9 Å². The van der Waals surface area contributed by atoms with Gasteiger partial charge in [-0.15, -0.1) is 0 Å². The fourth-order valence-corrected chi connectivity index (χ4v) is 2.55. The first-order chi connectivity index (χ1) is 13.0. The highest BCUT2D eigenvalue weighted by molar-refractivity contribution is 6.30. The summed E-state index contributed by atoms with van der Waals surface area (Å²) in [4.78, 5) is 20.2. The number of nitrogens with one attached hydrogen (secondary N) is 2. The molecule has 2 aromatic carbocycles. The van der Waals surface area contributed by atoms with Gasteiger partial charge in [0.05, 0.1) is 18.1 Å². The van der Waals surface area contributed by atoms with Crippen molar-refractivity contribution < 1.29 is 13.6 Å². The standard InChI is InChI=1S/C19H15ClF2N4O/c20-13-3-1-2-12(8-13)6-7-23-18-11-24-17(10-25-18)19(27)26-16-5-4-14(21)9-15(16)22/h1-5,8-11H,6-7H2,(H,23,25)(H,26,27). The molecule has 0 aliphatic heterocycles. The van der Waals surface area contributed by atoms with Crippen LogP contribution in [0.5, 0.6) is 0 Å². The summed E-state index contributed by atoms with van der Waals surface area (Å²) in [5.41, 5.74) is 0.964. The second-order valence-corrected chi connectivity index (χ2v) is 6.11. The van der Waals surface area contributed by atoms with E-state index in [4.69, 9.17) is 11.6 Å². The lowest BCUT2D eigenvalue weighted by molar-refractivity contribution is 0.102. The predicted octanol–water partition coefficient (Wildman–Crippen LogP) is 4.32. The zero-order valence-corrected chi connectivity index (χ0v) is 14.8. The van der Waals surface area contributed by atoms with E-state index in [-0.39, 0.29) is 11.4 Å². The van der Waals surface area contributed by atoms with Gasteiger partial charge >= 0.3 is 0 Å². The molecular weight excluding hydrogens is 374 g/mol. The number of rotatable bonds is 6. The Morgan fingerprint density at radius 2 is 1.93 bits per heavy atom. The van der Waals surface area contributed by atoms with Crippen molar-refractivity contribution >= 4 is 29.0 Å². The first-order valence-electron chi connectivity index (χ1n) is 8.08. The molecular formula is C19H15ClF2N4O. The SMILES string of the molecule is O=C(Nc1ccc(F)cc1F)c1cnc(NCCc2cccc(Cl)c2)cn1. The van der Waals surface area contributed by atoms with Crippen LogP contribution in [0.4, 0.5) is 20.3 Å². The van der Waals surface area contributed by atoms with E-state index >= 15 is 0 Å². The van der Waals surface area contributed by atoms with Gasteiger partial charge in [-0.3, -0.25) is 4.79 Å². The molecule has 27 heavy (non-hydrogen) atoms. The predicted molar refractivity (Wildman–Crippen MR) is 100.0 cm³/mol. The Bertz CT molecular complexity index is 951. The van der Waals surface area contributed by atoms with E-state index in [0.717, 1.165) is 24.1 Å². The van der Waals surface area contributed by atoms with Crippen LogP contribution in [0.1, 0.15) is 16.1 Å². The van der Waals surface area contributed by atoms with Gasteiger partial charge in [-0.1, -0.05) is 23.7 Å². The zero-order chi connectivity index (χ0) is 19.2. The fourth-order valence-electron chi connectivity index (χ4n) is 2.34. The maximum Gasteiger partial charge on any atom is 0.275 e. The summed E-state index contributed by atoms with van der Waals surface area (Å²) in [6, 6.07) is 10.4. The molecule has 0 fully saturated rings. The van der Waals surface area contributed by atoms with Crippen LogP contribution in [-0.4, -0.2) is 22.4 Å². The Balaban J connectivity index is 1.55. The van der Waals surface area contributed by atoms with Crippen molar-refractivity contribution in [3.8, 4) is 0 Å². The van der Waals surface area contributed by atoms with Crippen molar-refractivity contribution in [2.75, 3.05) is 17.2 Å². The van der Waals surface area contributed by atoms with Crippen LogP contribution in [-0.2, 0) is 6.42 Å². The monoisotopic (exact) mass is 388 g/mol. The molecule has 1 aromatic heterocycles. The first kappa shape index (κ1) is 18.7. The van der Waals surface area contributed by atoms with Crippen molar-refractivity contribution in [3.63, 3.8) is 0 Å². The number of hydrogen-bond acceptors (Lipinski definition) is 4. The Morgan fingerprint density at radius 1 is 1.07 bits per heavy atom. The molecule has 2 N–H and O–H groups in total.